The first-order valence-electron chi connectivity index (χ1n) is 9.06. The number of nitrogens with one attached hydrogen (secondary N) is 1. The molecular weight excluding hydrogens is 344 g/mol. The summed E-state index contributed by atoms with van der Waals surface area (Å²) in [5.74, 6) is 1.19. The lowest BCUT2D eigenvalue weighted by molar-refractivity contribution is -0.124. The maximum atomic E-state index is 12.6. The van der Waals surface area contributed by atoms with Gasteiger partial charge in [0.1, 0.15) is 11.5 Å². The normalized spacial score (nSPS) is 14.5. The highest BCUT2D eigenvalue weighted by Crippen LogP contribution is 2.18. The average Bonchev–Trinajstić information content (AvgIpc) is 2.73. The zero-order valence-corrected chi connectivity index (χ0v) is 15.4. The second-order valence-electron chi connectivity index (χ2n) is 6.47. The predicted molar refractivity (Wildman–Crippen MR) is 102 cm³/mol. The zero-order valence-electron chi connectivity index (χ0n) is 15.4. The van der Waals surface area contributed by atoms with E-state index in [1.807, 2.05) is 47.4 Å². The van der Waals surface area contributed by atoms with Crippen molar-refractivity contribution in [2.24, 2.45) is 0 Å². The van der Waals surface area contributed by atoms with E-state index in [2.05, 4.69) is 5.32 Å². The monoisotopic (exact) mass is 368 g/mol. The van der Waals surface area contributed by atoms with Gasteiger partial charge in [0.25, 0.3) is 11.8 Å². The number of amides is 2. The third-order valence-electron chi connectivity index (χ3n) is 4.58. The molecule has 27 heavy (non-hydrogen) atoms. The number of rotatable bonds is 6. The van der Waals surface area contributed by atoms with E-state index in [1.165, 1.54) is 0 Å². The molecule has 3 rings (SSSR count). The quantitative estimate of drug-likeness (QED) is 0.851. The highest BCUT2D eigenvalue weighted by Gasteiger charge is 2.24. The number of benzene rings is 2. The van der Waals surface area contributed by atoms with Gasteiger partial charge in [0.2, 0.25) is 0 Å². The maximum absolute atomic E-state index is 12.6. The Hall–Kier alpha value is -3.02. The van der Waals surface area contributed by atoms with Crippen molar-refractivity contribution in [3.8, 4) is 11.5 Å². The minimum absolute atomic E-state index is 0.00698. The number of piperidine rings is 1. The van der Waals surface area contributed by atoms with Crippen LogP contribution in [0.1, 0.15) is 23.2 Å². The van der Waals surface area contributed by atoms with Crippen molar-refractivity contribution in [3.05, 3.63) is 60.2 Å². The van der Waals surface area contributed by atoms with E-state index in [0.29, 0.717) is 30.2 Å². The van der Waals surface area contributed by atoms with Crippen molar-refractivity contribution in [2.75, 3.05) is 26.8 Å². The molecule has 1 N–H and O–H groups in total. The minimum atomic E-state index is -0.142. The van der Waals surface area contributed by atoms with Crippen molar-refractivity contribution in [1.82, 2.24) is 10.2 Å². The van der Waals surface area contributed by atoms with Gasteiger partial charge in [0.05, 0.1) is 7.11 Å². The number of carbonyl (C=O) groups is 2. The molecule has 6 heteroatoms. The van der Waals surface area contributed by atoms with Crippen LogP contribution in [0.2, 0.25) is 0 Å². The van der Waals surface area contributed by atoms with Gasteiger partial charge in [-0.25, -0.2) is 0 Å². The van der Waals surface area contributed by atoms with Gasteiger partial charge in [0, 0.05) is 24.7 Å². The molecule has 0 bridgehead atoms. The molecule has 142 valence electrons. The molecule has 0 radical (unpaired) electrons. The molecule has 2 aromatic carbocycles. The molecule has 0 spiro atoms. The zero-order chi connectivity index (χ0) is 19.1. The summed E-state index contributed by atoms with van der Waals surface area (Å²) in [6.45, 7) is 1.22. The molecule has 1 saturated heterocycles. The van der Waals surface area contributed by atoms with Crippen molar-refractivity contribution < 1.29 is 19.1 Å². The Kier molecular flexibility index (Phi) is 6.30. The highest BCUT2D eigenvalue weighted by molar-refractivity contribution is 5.94. The van der Waals surface area contributed by atoms with Crippen LogP contribution < -0.4 is 14.8 Å². The van der Waals surface area contributed by atoms with Crippen LogP contribution in [0.15, 0.2) is 54.6 Å². The van der Waals surface area contributed by atoms with Crippen LogP contribution in [-0.2, 0) is 4.79 Å². The molecule has 2 amide bonds. The van der Waals surface area contributed by atoms with Gasteiger partial charge >= 0.3 is 0 Å². The number of para-hydroxylation sites is 1. The van der Waals surface area contributed by atoms with Gasteiger partial charge in [-0.2, -0.15) is 0 Å². The van der Waals surface area contributed by atoms with E-state index in [0.717, 1.165) is 12.8 Å². The van der Waals surface area contributed by atoms with Crippen LogP contribution in [-0.4, -0.2) is 49.6 Å². The van der Waals surface area contributed by atoms with Crippen molar-refractivity contribution in [1.29, 1.82) is 0 Å². The van der Waals surface area contributed by atoms with Crippen LogP contribution in [0.3, 0.4) is 0 Å². The van der Waals surface area contributed by atoms with Crippen molar-refractivity contribution in [3.63, 3.8) is 0 Å². The average molecular weight is 368 g/mol. The van der Waals surface area contributed by atoms with E-state index in [4.69, 9.17) is 9.47 Å². The lowest BCUT2D eigenvalue weighted by Crippen LogP contribution is -2.47. The summed E-state index contributed by atoms with van der Waals surface area (Å²) in [6.07, 6.45) is 1.46. The van der Waals surface area contributed by atoms with Crippen LogP contribution in [0.25, 0.3) is 0 Å². The smallest absolute Gasteiger partial charge is 0.258 e. The first-order chi connectivity index (χ1) is 13.2. The Morgan fingerprint density at radius 1 is 1.04 bits per heavy atom. The molecule has 0 aliphatic carbocycles. The summed E-state index contributed by atoms with van der Waals surface area (Å²) >= 11 is 0. The van der Waals surface area contributed by atoms with Crippen molar-refractivity contribution in [2.45, 2.75) is 18.9 Å². The topological polar surface area (TPSA) is 67.9 Å². The van der Waals surface area contributed by atoms with Gasteiger partial charge in [-0.1, -0.05) is 24.3 Å². The number of methoxy groups -OCH3 is 1. The second-order valence-corrected chi connectivity index (χ2v) is 6.47. The van der Waals surface area contributed by atoms with E-state index >= 15 is 0 Å². The number of ether oxygens (including phenoxy) is 2. The summed E-state index contributed by atoms with van der Waals surface area (Å²) in [6, 6.07) is 16.5. The lowest BCUT2D eigenvalue weighted by atomic mass is 10.0. The van der Waals surface area contributed by atoms with E-state index in [-0.39, 0.29) is 24.5 Å². The molecule has 0 atom stereocenters. The van der Waals surface area contributed by atoms with E-state index < -0.39 is 0 Å². The maximum Gasteiger partial charge on any atom is 0.258 e. The Labute approximate surface area is 159 Å². The largest absolute Gasteiger partial charge is 0.497 e. The fourth-order valence-electron chi connectivity index (χ4n) is 3.10. The summed E-state index contributed by atoms with van der Waals surface area (Å²) in [4.78, 5) is 26.5. The predicted octanol–water partition coefficient (Wildman–Crippen LogP) is 2.50. The number of nitrogens with zero attached hydrogens (tertiary/aromatic N) is 1. The SMILES string of the molecule is COc1cccc(C(=O)N2CCC(NC(=O)COc3ccccc3)CC2)c1. The summed E-state index contributed by atoms with van der Waals surface area (Å²) in [5, 5.41) is 2.98. The Bertz CT molecular complexity index is 771. The van der Waals surface area contributed by atoms with E-state index in [1.54, 1.807) is 19.2 Å². The molecule has 6 nitrogen and oxygen atoms in total. The Morgan fingerprint density at radius 3 is 2.44 bits per heavy atom. The summed E-state index contributed by atoms with van der Waals surface area (Å²) in [7, 11) is 1.58. The van der Waals surface area contributed by atoms with E-state index in [9.17, 15) is 9.59 Å². The molecule has 0 aromatic heterocycles. The lowest BCUT2D eigenvalue weighted by Gasteiger charge is -2.32. The summed E-state index contributed by atoms with van der Waals surface area (Å²) in [5.41, 5.74) is 0.619. The third kappa shape index (κ3) is 5.23. The van der Waals surface area contributed by atoms with Crippen LogP contribution in [0, 0.1) is 0 Å². The van der Waals surface area contributed by atoms with Gasteiger partial charge in [-0.15, -0.1) is 0 Å². The molecule has 1 aliphatic rings. The number of hydrogen-bond donors (Lipinski definition) is 1. The molecule has 1 aliphatic heterocycles. The number of carbonyl (C=O) groups excluding carboxylic acids is 2. The van der Waals surface area contributed by atoms with Crippen LogP contribution in [0.4, 0.5) is 0 Å². The van der Waals surface area contributed by atoms with Gasteiger partial charge in [0.15, 0.2) is 6.61 Å². The number of hydrogen-bond acceptors (Lipinski definition) is 4. The molecule has 0 unspecified atom stereocenters. The van der Waals surface area contributed by atoms with Crippen molar-refractivity contribution >= 4 is 11.8 Å². The Balaban J connectivity index is 1.44. The second kappa shape index (κ2) is 9.07. The van der Waals surface area contributed by atoms with Crippen LogP contribution >= 0.6 is 0 Å². The first kappa shape index (κ1) is 18.8. The molecule has 1 fully saturated rings. The first-order valence-corrected chi connectivity index (χ1v) is 9.06. The molecule has 2 aromatic rings. The van der Waals surface area contributed by atoms with Crippen LogP contribution in [0.5, 0.6) is 11.5 Å². The number of likely N-dealkylation sites (tertiary alicyclic amines) is 1. The fraction of sp³-hybridized carbons (Fsp3) is 0.333. The van der Waals surface area contributed by atoms with Gasteiger partial charge in [-0.3, -0.25) is 9.59 Å². The summed E-state index contributed by atoms with van der Waals surface area (Å²) < 4.78 is 10.6. The molecule has 1 heterocycles. The Morgan fingerprint density at radius 2 is 1.74 bits per heavy atom. The third-order valence-corrected chi connectivity index (χ3v) is 4.58. The highest BCUT2D eigenvalue weighted by atomic mass is 16.5. The minimum Gasteiger partial charge on any atom is -0.497 e. The molecular formula is C21H24N2O4. The fourth-order valence-corrected chi connectivity index (χ4v) is 3.10. The molecule has 0 saturated carbocycles. The standard InChI is InChI=1S/C21H24N2O4/c1-26-19-9-5-6-16(14-19)21(25)23-12-10-17(11-13-23)22-20(24)15-27-18-7-3-2-4-8-18/h2-9,14,17H,10-13,15H2,1H3,(H,22,24). The van der Waals surface area contributed by atoms with Gasteiger partial charge < -0.3 is 19.7 Å². The van der Waals surface area contributed by atoms with Gasteiger partial charge in [-0.05, 0) is 43.2 Å².